The Morgan fingerprint density at radius 1 is 1.82 bits per heavy atom. The topological polar surface area (TPSA) is 18.8 Å². The second-order valence-electron chi connectivity index (χ2n) is 2.44. The zero-order chi connectivity index (χ0) is 8.27. The van der Waals surface area contributed by atoms with Gasteiger partial charge < -0.3 is 4.90 Å². The Labute approximate surface area is 71.6 Å². The molecule has 0 amide bonds. The lowest BCUT2D eigenvalue weighted by molar-refractivity contribution is 0.215. The molecule has 0 radical (unpaired) electrons. The van der Waals surface area contributed by atoms with Crippen molar-refractivity contribution in [1.29, 1.82) is 0 Å². The lowest BCUT2D eigenvalue weighted by Gasteiger charge is -2.29. The molecular formula is C7H10ClN3. The molecule has 0 bridgehead atoms. The summed E-state index contributed by atoms with van der Waals surface area (Å²) in [7, 11) is 1.88. The van der Waals surface area contributed by atoms with E-state index in [0.29, 0.717) is 18.5 Å². The Hall–Kier alpha value is -0.720. The van der Waals surface area contributed by atoms with Crippen LogP contribution in [0.3, 0.4) is 0 Å². The van der Waals surface area contributed by atoms with Crippen molar-refractivity contribution in [2.75, 3.05) is 26.9 Å². The third-order valence-corrected chi connectivity index (χ3v) is 1.85. The molecule has 1 heterocycles. The number of rotatable bonds is 1. The van der Waals surface area contributed by atoms with Crippen LogP contribution >= 0.6 is 11.6 Å². The van der Waals surface area contributed by atoms with Crippen LogP contribution in [0.15, 0.2) is 4.99 Å². The Balaban J connectivity index is 2.50. The Morgan fingerprint density at radius 3 is 3.09 bits per heavy atom. The van der Waals surface area contributed by atoms with Gasteiger partial charge in [-0.15, -0.1) is 6.42 Å². The number of halogens is 1. The van der Waals surface area contributed by atoms with Gasteiger partial charge >= 0.3 is 0 Å². The van der Waals surface area contributed by atoms with Gasteiger partial charge in [-0.3, -0.25) is 4.90 Å². The number of amidine groups is 1. The molecule has 0 unspecified atom stereocenters. The van der Waals surface area contributed by atoms with E-state index in [-0.39, 0.29) is 0 Å². The second-order valence-corrected chi connectivity index (χ2v) is 2.78. The summed E-state index contributed by atoms with van der Waals surface area (Å²) in [5.74, 6) is 2.56. The second kappa shape index (κ2) is 3.61. The van der Waals surface area contributed by atoms with Gasteiger partial charge in [0.25, 0.3) is 0 Å². The maximum absolute atomic E-state index is 5.73. The van der Waals surface area contributed by atoms with Gasteiger partial charge in [-0.2, -0.15) is 0 Å². The van der Waals surface area contributed by atoms with Crippen LogP contribution in [0, 0.1) is 12.3 Å². The van der Waals surface area contributed by atoms with Crippen molar-refractivity contribution in [3.8, 4) is 12.3 Å². The molecule has 0 aromatic rings. The van der Waals surface area contributed by atoms with Crippen LogP contribution in [0.25, 0.3) is 0 Å². The van der Waals surface area contributed by atoms with E-state index in [2.05, 4.69) is 10.9 Å². The van der Waals surface area contributed by atoms with Crippen LogP contribution in [-0.4, -0.2) is 42.0 Å². The lowest BCUT2D eigenvalue weighted by Crippen LogP contribution is -2.42. The molecule has 0 spiro atoms. The van der Waals surface area contributed by atoms with E-state index in [0.717, 1.165) is 6.67 Å². The predicted molar refractivity (Wildman–Crippen MR) is 46.3 cm³/mol. The maximum atomic E-state index is 5.73. The molecular weight excluding hydrogens is 162 g/mol. The van der Waals surface area contributed by atoms with E-state index in [1.54, 1.807) is 0 Å². The van der Waals surface area contributed by atoms with Gasteiger partial charge in [0.05, 0.1) is 19.9 Å². The van der Waals surface area contributed by atoms with Gasteiger partial charge in [-0.1, -0.05) is 5.92 Å². The van der Waals surface area contributed by atoms with Crippen LogP contribution in [0.2, 0.25) is 0 Å². The number of hydrogen-bond donors (Lipinski definition) is 0. The van der Waals surface area contributed by atoms with E-state index in [9.17, 15) is 0 Å². The average molecular weight is 172 g/mol. The first-order chi connectivity index (χ1) is 5.24. The maximum Gasteiger partial charge on any atom is 0.195 e. The third-order valence-electron chi connectivity index (χ3n) is 1.44. The van der Waals surface area contributed by atoms with Crippen molar-refractivity contribution < 1.29 is 0 Å². The molecule has 0 aliphatic carbocycles. The van der Waals surface area contributed by atoms with Crippen LogP contribution in [0.5, 0.6) is 0 Å². The van der Waals surface area contributed by atoms with E-state index in [1.807, 2.05) is 16.8 Å². The van der Waals surface area contributed by atoms with Crippen LogP contribution in [0.4, 0.5) is 0 Å². The van der Waals surface area contributed by atoms with E-state index in [4.69, 9.17) is 18.0 Å². The zero-order valence-corrected chi connectivity index (χ0v) is 7.17. The largest absolute Gasteiger partial charge is 0.337 e. The van der Waals surface area contributed by atoms with Crippen LogP contribution < -0.4 is 0 Å². The molecule has 0 saturated heterocycles. The Morgan fingerprint density at radius 2 is 2.55 bits per heavy atom. The minimum absolute atomic E-state index is 0.554. The standard InChI is InChI=1S/C7H10ClN3/c1-3-4-11-5-9-7(8)10(2)6-11/h1H,4-6H2,2H3. The first-order valence-corrected chi connectivity index (χ1v) is 3.68. The lowest BCUT2D eigenvalue weighted by atomic mass is 10.5. The van der Waals surface area contributed by atoms with E-state index in [1.165, 1.54) is 0 Å². The van der Waals surface area contributed by atoms with Crippen LogP contribution in [-0.2, 0) is 0 Å². The van der Waals surface area contributed by atoms with Crippen molar-refractivity contribution in [2.24, 2.45) is 4.99 Å². The highest BCUT2D eigenvalue weighted by atomic mass is 35.5. The van der Waals surface area contributed by atoms with Crippen molar-refractivity contribution in [3.63, 3.8) is 0 Å². The van der Waals surface area contributed by atoms with Gasteiger partial charge in [-0.25, -0.2) is 4.99 Å². The van der Waals surface area contributed by atoms with Crippen molar-refractivity contribution >= 4 is 16.9 Å². The third kappa shape index (κ3) is 2.11. The van der Waals surface area contributed by atoms with Crippen molar-refractivity contribution in [2.45, 2.75) is 0 Å². The number of hydrogen-bond acceptors (Lipinski definition) is 3. The number of aliphatic imine (C=N–C) groups is 1. The monoisotopic (exact) mass is 171 g/mol. The summed E-state index contributed by atoms with van der Waals surface area (Å²) in [4.78, 5) is 7.92. The normalized spacial score (nSPS) is 19.4. The number of terminal acetylenes is 1. The molecule has 1 rings (SSSR count). The SMILES string of the molecule is C#CCN1CN=C(Cl)N(C)C1. The van der Waals surface area contributed by atoms with Gasteiger partial charge in [-0.05, 0) is 11.6 Å². The highest BCUT2D eigenvalue weighted by molar-refractivity contribution is 6.64. The first-order valence-electron chi connectivity index (χ1n) is 3.31. The van der Waals surface area contributed by atoms with Crippen molar-refractivity contribution in [3.05, 3.63) is 0 Å². The van der Waals surface area contributed by atoms with Gasteiger partial charge in [0, 0.05) is 7.05 Å². The fourth-order valence-corrected chi connectivity index (χ4v) is 1.02. The minimum Gasteiger partial charge on any atom is -0.337 e. The summed E-state index contributed by atoms with van der Waals surface area (Å²) < 4.78 is 0. The summed E-state index contributed by atoms with van der Waals surface area (Å²) in [6.45, 7) is 1.98. The summed E-state index contributed by atoms with van der Waals surface area (Å²) in [6.07, 6.45) is 5.15. The molecule has 0 aromatic carbocycles. The highest BCUT2D eigenvalue weighted by Crippen LogP contribution is 2.03. The molecule has 60 valence electrons. The molecule has 0 atom stereocenters. The first kappa shape index (κ1) is 8.38. The molecule has 0 fully saturated rings. The summed E-state index contributed by atoms with van der Waals surface area (Å²) in [5.41, 5.74) is 0. The fraction of sp³-hybridized carbons (Fsp3) is 0.571. The zero-order valence-electron chi connectivity index (χ0n) is 6.42. The smallest absolute Gasteiger partial charge is 0.195 e. The van der Waals surface area contributed by atoms with E-state index >= 15 is 0 Å². The molecule has 1 aliphatic rings. The quantitative estimate of drug-likeness (QED) is 0.420. The molecule has 3 nitrogen and oxygen atoms in total. The highest BCUT2D eigenvalue weighted by Gasteiger charge is 2.13. The van der Waals surface area contributed by atoms with Crippen molar-refractivity contribution in [1.82, 2.24) is 9.80 Å². The molecule has 1 aliphatic heterocycles. The Bertz CT molecular complexity index is 206. The minimum atomic E-state index is 0.554. The van der Waals surface area contributed by atoms with Gasteiger partial charge in [0.15, 0.2) is 5.29 Å². The van der Waals surface area contributed by atoms with E-state index < -0.39 is 0 Å². The molecule has 0 N–H and O–H groups in total. The Kier molecular flexibility index (Phi) is 2.75. The summed E-state index contributed by atoms with van der Waals surface area (Å²) >= 11 is 5.73. The summed E-state index contributed by atoms with van der Waals surface area (Å²) in [6, 6.07) is 0. The van der Waals surface area contributed by atoms with Gasteiger partial charge in [0.2, 0.25) is 0 Å². The number of nitrogens with zero attached hydrogens (tertiary/aromatic N) is 3. The molecule has 0 saturated carbocycles. The van der Waals surface area contributed by atoms with Crippen LogP contribution in [0.1, 0.15) is 0 Å². The van der Waals surface area contributed by atoms with Gasteiger partial charge in [0.1, 0.15) is 0 Å². The molecule has 4 heteroatoms. The average Bonchev–Trinajstić information content (AvgIpc) is 1.98. The fourth-order valence-electron chi connectivity index (χ4n) is 0.911. The predicted octanol–water partition coefficient (Wildman–Crippen LogP) is 0.377. The molecule has 0 aromatic heterocycles. The molecule has 11 heavy (non-hydrogen) atoms. The summed E-state index contributed by atoms with van der Waals surface area (Å²) in [5, 5.41) is 0.554.